The largest absolute Gasteiger partial charge is 0.396 e. The normalized spacial score (nSPS) is 32.2. The van der Waals surface area contributed by atoms with Crippen molar-refractivity contribution < 1.29 is 19.5 Å². The molecule has 3 fully saturated rings. The summed E-state index contributed by atoms with van der Waals surface area (Å²) in [5.74, 6) is -1.29. The number of fused-ring (bicyclic) bond motifs is 1. The molecule has 1 aromatic rings. The summed E-state index contributed by atoms with van der Waals surface area (Å²) in [6.45, 7) is 3.42. The van der Waals surface area contributed by atoms with Crippen LogP contribution in [0.5, 0.6) is 0 Å². The maximum atomic E-state index is 13.7. The molecule has 3 heterocycles. The summed E-state index contributed by atoms with van der Waals surface area (Å²) in [6, 6.07) is 9.08. The Morgan fingerprint density at radius 1 is 1.21 bits per heavy atom. The molecule has 9 heteroatoms. The number of nitrogens with one attached hydrogen (secondary N) is 2. The first-order chi connectivity index (χ1) is 15.9. The van der Waals surface area contributed by atoms with Gasteiger partial charge in [0.25, 0.3) is 0 Å². The molecule has 33 heavy (non-hydrogen) atoms. The Labute approximate surface area is 207 Å². The van der Waals surface area contributed by atoms with Crippen molar-refractivity contribution in [3.8, 4) is 0 Å². The number of unbranched alkanes of at least 4 members (excludes halogenated alkanes) is 1. The predicted molar refractivity (Wildman–Crippen MR) is 132 cm³/mol. The van der Waals surface area contributed by atoms with Gasteiger partial charge < -0.3 is 20.6 Å². The molecule has 3 saturated heterocycles. The topological polar surface area (TPSA) is 98.7 Å². The van der Waals surface area contributed by atoms with Crippen molar-refractivity contribution in [3.05, 3.63) is 35.9 Å². The number of hydrogen-bond donors (Lipinski definition) is 3. The number of nitrogens with zero attached hydrogens (tertiary/aromatic N) is 1. The van der Waals surface area contributed by atoms with Crippen molar-refractivity contribution >= 4 is 45.4 Å². The van der Waals surface area contributed by atoms with E-state index in [0.29, 0.717) is 38.9 Å². The fourth-order valence-electron chi connectivity index (χ4n) is 5.61. The van der Waals surface area contributed by atoms with E-state index in [1.807, 2.05) is 37.3 Å². The van der Waals surface area contributed by atoms with Gasteiger partial charge in [-0.05, 0) is 31.2 Å². The molecule has 0 aliphatic carbocycles. The van der Waals surface area contributed by atoms with E-state index in [4.69, 9.17) is 0 Å². The molecular formula is C24H32BrN3O4S. The summed E-state index contributed by atoms with van der Waals surface area (Å²) >= 11 is 5.42. The highest BCUT2D eigenvalue weighted by Crippen LogP contribution is 2.67. The smallest absolute Gasteiger partial charge is 0.244 e. The molecule has 4 rings (SSSR count). The lowest BCUT2D eigenvalue weighted by molar-refractivity contribution is -0.140. The first kappa shape index (κ1) is 24.5. The Hall–Kier alpha value is -1.58. The van der Waals surface area contributed by atoms with Crippen molar-refractivity contribution in [2.75, 3.05) is 19.7 Å². The summed E-state index contributed by atoms with van der Waals surface area (Å²) < 4.78 is -0.621. The predicted octanol–water partition coefficient (Wildman–Crippen LogP) is 2.07. The van der Waals surface area contributed by atoms with Gasteiger partial charge in [-0.25, -0.2) is 0 Å². The van der Waals surface area contributed by atoms with E-state index in [2.05, 4.69) is 26.6 Å². The number of likely N-dealkylation sites (tertiary alicyclic amines) is 1. The van der Waals surface area contributed by atoms with Crippen molar-refractivity contribution in [3.63, 3.8) is 0 Å². The number of amides is 3. The van der Waals surface area contributed by atoms with E-state index in [1.54, 1.807) is 16.7 Å². The highest BCUT2D eigenvalue weighted by Gasteiger charge is 2.75. The van der Waals surface area contributed by atoms with Gasteiger partial charge in [0.2, 0.25) is 17.7 Å². The summed E-state index contributed by atoms with van der Waals surface area (Å²) in [6.07, 6.45) is 2.69. The fourth-order valence-corrected chi connectivity index (χ4v) is 9.23. The zero-order valence-corrected chi connectivity index (χ0v) is 21.2. The lowest BCUT2D eigenvalue weighted by Gasteiger charge is -2.35. The average Bonchev–Trinajstić information content (AvgIpc) is 3.40. The van der Waals surface area contributed by atoms with Gasteiger partial charge in [0, 0.05) is 36.3 Å². The van der Waals surface area contributed by atoms with Crippen LogP contribution >= 0.6 is 27.7 Å². The number of halogens is 1. The minimum atomic E-state index is -0.628. The summed E-state index contributed by atoms with van der Waals surface area (Å²) in [4.78, 5) is 42.2. The number of aliphatic hydroxyl groups excluding tert-OH is 1. The molecule has 3 N–H and O–H groups in total. The number of alkyl halides is 1. The van der Waals surface area contributed by atoms with E-state index in [1.165, 1.54) is 0 Å². The van der Waals surface area contributed by atoms with Crippen molar-refractivity contribution in [1.82, 2.24) is 15.5 Å². The maximum Gasteiger partial charge on any atom is 0.244 e. The Bertz CT molecular complexity index is 888. The first-order valence-corrected chi connectivity index (χ1v) is 13.6. The van der Waals surface area contributed by atoms with Crippen LogP contribution in [0.3, 0.4) is 0 Å². The molecule has 6 atom stereocenters. The van der Waals surface area contributed by atoms with Gasteiger partial charge in [0.1, 0.15) is 6.04 Å². The van der Waals surface area contributed by atoms with Crippen LogP contribution in [0, 0.1) is 11.8 Å². The zero-order chi connectivity index (χ0) is 23.6. The fraction of sp³-hybridized carbons (Fsp3) is 0.625. The number of aliphatic hydroxyl groups is 1. The third-order valence-electron chi connectivity index (χ3n) is 7.01. The zero-order valence-electron chi connectivity index (χ0n) is 18.8. The molecule has 3 amide bonds. The van der Waals surface area contributed by atoms with E-state index in [9.17, 15) is 19.5 Å². The summed E-state index contributed by atoms with van der Waals surface area (Å²) in [7, 11) is 0. The molecule has 0 radical (unpaired) electrons. The van der Waals surface area contributed by atoms with Gasteiger partial charge >= 0.3 is 0 Å². The van der Waals surface area contributed by atoms with E-state index >= 15 is 0 Å². The highest BCUT2D eigenvalue weighted by molar-refractivity contribution is 9.09. The molecule has 7 nitrogen and oxygen atoms in total. The van der Waals surface area contributed by atoms with Crippen LogP contribution in [0.1, 0.15) is 38.2 Å². The molecule has 0 aromatic heterocycles. The molecule has 3 unspecified atom stereocenters. The van der Waals surface area contributed by atoms with E-state index in [-0.39, 0.29) is 34.4 Å². The first-order valence-electron chi connectivity index (χ1n) is 11.8. The van der Waals surface area contributed by atoms with Crippen LogP contribution < -0.4 is 10.6 Å². The standard InChI is InChI=1S/C24H32BrN3O4S/c1-2-10-26-21(30)17-18-23(32)28(11-6-7-12-29)20(24(18)13-16(25)19(17)33-24)22(31)27-14-15-8-4-3-5-9-15/h3-5,8-9,16-20,29H,2,6-7,10-14H2,1H3,(H,26,30)(H,27,31)/t16?,17-,18+,19-,20?,24?/m1/s1. The molecular weight excluding hydrogens is 506 g/mol. The van der Waals surface area contributed by atoms with Crippen LogP contribution in [0.2, 0.25) is 0 Å². The van der Waals surface area contributed by atoms with Gasteiger partial charge in [-0.2, -0.15) is 0 Å². The third-order valence-corrected chi connectivity index (χ3v) is 10.2. The average molecular weight is 539 g/mol. The SMILES string of the molecule is CCCNC(=O)[C@H]1[C@@H]2SC3(CC2Br)C(C(=O)NCc2ccccc2)N(CCCCO)C(=O)[C@H]13. The van der Waals surface area contributed by atoms with Gasteiger partial charge in [-0.3, -0.25) is 14.4 Å². The number of hydrogen-bond acceptors (Lipinski definition) is 5. The molecule has 3 aliphatic rings. The van der Waals surface area contributed by atoms with Crippen LogP contribution in [-0.4, -0.2) is 68.3 Å². The number of rotatable bonds is 10. The second kappa shape index (κ2) is 10.4. The van der Waals surface area contributed by atoms with Crippen LogP contribution in [0.25, 0.3) is 0 Å². The third kappa shape index (κ3) is 4.44. The molecule has 2 bridgehead atoms. The Morgan fingerprint density at radius 3 is 2.67 bits per heavy atom. The van der Waals surface area contributed by atoms with Crippen molar-refractivity contribution in [1.29, 1.82) is 0 Å². The number of carbonyl (C=O) groups is 3. The quantitative estimate of drug-likeness (QED) is 0.313. The van der Waals surface area contributed by atoms with Gasteiger partial charge in [0.05, 0.1) is 16.6 Å². The molecule has 1 spiro atoms. The monoisotopic (exact) mass is 537 g/mol. The van der Waals surface area contributed by atoms with Gasteiger partial charge in [-0.1, -0.05) is 53.2 Å². The maximum absolute atomic E-state index is 13.7. The molecule has 1 aromatic carbocycles. The van der Waals surface area contributed by atoms with Gasteiger partial charge in [-0.15, -0.1) is 11.8 Å². The van der Waals surface area contributed by atoms with E-state index < -0.39 is 22.6 Å². The highest BCUT2D eigenvalue weighted by atomic mass is 79.9. The van der Waals surface area contributed by atoms with Crippen LogP contribution in [0.4, 0.5) is 0 Å². The summed E-state index contributed by atoms with van der Waals surface area (Å²) in [5.41, 5.74) is 0.995. The second-order valence-electron chi connectivity index (χ2n) is 9.12. The lowest BCUT2D eigenvalue weighted by atomic mass is 9.70. The van der Waals surface area contributed by atoms with Crippen LogP contribution in [-0.2, 0) is 20.9 Å². The van der Waals surface area contributed by atoms with Crippen LogP contribution in [0.15, 0.2) is 30.3 Å². The minimum Gasteiger partial charge on any atom is -0.396 e. The molecule has 3 aliphatic heterocycles. The second-order valence-corrected chi connectivity index (χ2v) is 11.8. The molecule has 180 valence electrons. The van der Waals surface area contributed by atoms with Crippen molar-refractivity contribution in [2.45, 2.75) is 60.0 Å². The number of benzene rings is 1. The molecule has 0 saturated carbocycles. The number of carbonyl (C=O) groups excluding carboxylic acids is 3. The van der Waals surface area contributed by atoms with Crippen molar-refractivity contribution in [2.24, 2.45) is 11.8 Å². The lowest BCUT2D eigenvalue weighted by Crippen LogP contribution is -2.54. The van der Waals surface area contributed by atoms with E-state index in [0.717, 1.165) is 12.0 Å². The van der Waals surface area contributed by atoms with Gasteiger partial charge in [0.15, 0.2) is 0 Å². The minimum absolute atomic E-state index is 0.0279. The Kier molecular flexibility index (Phi) is 7.70. The summed E-state index contributed by atoms with van der Waals surface area (Å²) in [5, 5.41) is 15.3. The number of thioether (sulfide) groups is 1. The Balaban J connectivity index is 1.62. The Morgan fingerprint density at radius 2 is 1.97 bits per heavy atom.